The standard InChI is InChI=1S/C28H26F3N5O3S/c1-27(39)7-10-35(16-27)24-23(40-26(38)32-24)12-17-3-6-22-20(11-17)15-36(33-22)14-19-5-4-18(13-21(19)28(29,30)31)25(37)34-8-2-9-34/h3-6,11-13,15,39H,2,7-10,14,16H2,1H3/b23-12-. The number of carbonyl (C=O) groups is 2. The molecule has 1 atom stereocenters. The molecule has 208 valence electrons. The number of alkyl halides is 3. The van der Waals surface area contributed by atoms with Gasteiger partial charge in [-0.3, -0.25) is 14.3 Å². The molecule has 0 bridgehead atoms. The van der Waals surface area contributed by atoms with Gasteiger partial charge in [0.2, 0.25) is 0 Å². The number of fused-ring (bicyclic) bond motifs is 1. The van der Waals surface area contributed by atoms with E-state index in [1.807, 2.05) is 23.1 Å². The molecule has 0 aliphatic carbocycles. The Morgan fingerprint density at radius 2 is 1.98 bits per heavy atom. The van der Waals surface area contributed by atoms with E-state index in [0.29, 0.717) is 48.9 Å². The lowest BCUT2D eigenvalue weighted by molar-refractivity contribution is -0.138. The molecule has 3 aromatic rings. The molecular weight excluding hydrogens is 543 g/mol. The van der Waals surface area contributed by atoms with Crippen LogP contribution in [0.3, 0.4) is 0 Å². The van der Waals surface area contributed by atoms with Crippen molar-refractivity contribution in [2.24, 2.45) is 4.99 Å². The fourth-order valence-corrected chi connectivity index (χ4v) is 5.94. The Morgan fingerprint density at radius 3 is 2.65 bits per heavy atom. The van der Waals surface area contributed by atoms with E-state index in [-0.39, 0.29) is 28.8 Å². The predicted molar refractivity (Wildman–Crippen MR) is 146 cm³/mol. The van der Waals surface area contributed by atoms with Crippen molar-refractivity contribution in [3.63, 3.8) is 0 Å². The fraction of sp³-hybridized carbons (Fsp3) is 0.357. The van der Waals surface area contributed by atoms with E-state index in [0.717, 1.165) is 35.2 Å². The summed E-state index contributed by atoms with van der Waals surface area (Å²) in [4.78, 5) is 32.8. The number of amidine groups is 1. The second-order valence-electron chi connectivity index (χ2n) is 10.6. The van der Waals surface area contributed by atoms with E-state index in [1.165, 1.54) is 21.7 Å². The third-order valence-corrected chi connectivity index (χ3v) is 8.16. The molecule has 2 amide bonds. The van der Waals surface area contributed by atoms with Crippen LogP contribution in [0.25, 0.3) is 17.0 Å². The zero-order chi connectivity index (χ0) is 28.2. The van der Waals surface area contributed by atoms with E-state index < -0.39 is 17.3 Å². The minimum atomic E-state index is -4.62. The minimum Gasteiger partial charge on any atom is -0.388 e. The molecule has 4 heterocycles. The molecule has 1 aromatic heterocycles. The first kappa shape index (κ1) is 26.6. The van der Waals surface area contributed by atoms with Crippen LogP contribution < -0.4 is 0 Å². The lowest BCUT2D eigenvalue weighted by Gasteiger charge is -2.31. The molecule has 0 radical (unpaired) electrons. The van der Waals surface area contributed by atoms with Crippen molar-refractivity contribution in [2.75, 3.05) is 26.2 Å². The van der Waals surface area contributed by atoms with Crippen molar-refractivity contribution < 1.29 is 27.9 Å². The molecule has 2 fully saturated rings. The Labute approximate surface area is 232 Å². The van der Waals surface area contributed by atoms with Crippen LogP contribution in [0.1, 0.15) is 46.8 Å². The largest absolute Gasteiger partial charge is 0.416 e. The van der Waals surface area contributed by atoms with Crippen LogP contribution in [-0.4, -0.2) is 73.4 Å². The van der Waals surface area contributed by atoms with Gasteiger partial charge in [-0.25, -0.2) is 0 Å². The predicted octanol–water partition coefficient (Wildman–Crippen LogP) is 5.01. The van der Waals surface area contributed by atoms with Crippen molar-refractivity contribution in [2.45, 2.75) is 38.1 Å². The van der Waals surface area contributed by atoms with Gasteiger partial charge in [-0.05, 0) is 73.0 Å². The first-order chi connectivity index (χ1) is 18.9. The van der Waals surface area contributed by atoms with Crippen molar-refractivity contribution in [3.8, 4) is 0 Å². The first-order valence-corrected chi connectivity index (χ1v) is 13.7. The van der Waals surface area contributed by atoms with Gasteiger partial charge < -0.3 is 14.9 Å². The summed E-state index contributed by atoms with van der Waals surface area (Å²) in [5.41, 5.74) is -0.241. The molecule has 1 unspecified atom stereocenters. The van der Waals surface area contributed by atoms with Gasteiger partial charge in [0.15, 0.2) is 0 Å². The van der Waals surface area contributed by atoms with Crippen LogP contribution >= 0.6 is 11.8 Å². The molecule has 2 aromatic carbocycles. The Balaban J connectivity index is 1.25. The lowest BCUT2D eigenvalue weighted by atomic mass is 10.0. The van der Waals surface area contributed by atoms with Gasteiger partial charge >= 0.3 is 11.4 Å². The van der Waals surface area contributed by atoms with Gasteiger partial charge in [0.25, 0.3) is 5.91 Å². The highest BCUT2D eigenvalue weighted by Gasteiger charge is 2.37. The average molecular weight is 570 g/mol. The van der Waals surface area contributed by atoms with Crippen LogP contribution in [0.2, 0.25) is 0 Å². The maximum atomic E-state index is 13.9. The van der Waals surface area contributed by atoms with Crippen LogP contribution in [0, 0.1) is 0 Å². The zero-order valence-electron chi connectivity index (χ0n) is 21.6. The van der Waals surface area contributed by atoms with Crippen LogP contribution in [0.4, 0.5) is 18.0 Å². The van der Waals surface area contributed by atoms with Gasteiger partial charge in [0.1, 0.15) is 5.84 Å². The Bertz CT molecular complexity index is 1590. The number of carbonyl (C=O) groups excluding carboxylic acids is 2. The van der Waals surface area contributed by atoms with Crippen LogP contribution in [0.5, 0.6) is 0 Å². The number of nitrogens with zero attached hydrogens (tertiary/aromatic N) is 5. The minimum absolute atomic E-state index is 0.0195. The summed E-state index contributed by atoms with van der Waals surface area (Å²) in [6.07, 6.45) is 0.334. The number of halogens is 3. The molecular formula is C28H26F3N5O3S. The van der Waals surface area contributed by atoms with E-state index in [1.54, 1.807) is 19.2 Å². The number of hydrogen-bond acceptors (Lipinski definition) is 6. The highest BCUT2D eigenvalue weighted by molar-refractivity contribution is 8.18. The first-order valence-electron chi connectivity index (χ1n) is 12.9. The molecule has 0 spiro atoms. The summed E-state index contributed by atoms with van der Waals surface area (Å²) in [5, 5.41) is 15.2. The monoisotopic (exact) mass is 569 g/mol. The van der Waals surface area contributed by atoms with Gasteiger partial charge in [-0.2, -0.15) is 23.3 Å². The van der Waals surface area contributed by atoms with Crippen LogP contribution in [-0.2, 0) is 12.7 Å². The number of aliphatic hydroxyl groups is 1. The van der Waals surface area contributed by atoms with Crippen molar-refractivity contribution in [1.82, 2.24) is 19.6 Å². The molecule has 12 heteroatoms. The molecule has 6 rings (SSSR count). The summed E-state index contributed by atoms with van der Waals surface area (Å²) in [6.45, 7) is 3.74. The SMILES string of the molecule is CC1(O)CCN(C2=NC(=O)S/C2=C\c2ccc3nn(Cc4ccc(C(=O)N5CCC5)cc4C(F)(F)F)cc3c2)C1. The number of rotatable bonds is 4. The Morgan fingerprint density at radius 1 is 1.18 bits per heavy atom. The summed E-state index contributed by atoms with van der Waals surface area (Å²) in [5.74, 6) is 0.152. The molecule has 0 saturated carbocycles. The van der Waals surface area contributed by atoms with Gasteiger partial charge in [0.05, 0.1) is 28.1 Å². The Hall–Kier alpha value is -3.64. The fourth-order valence-electron chi connectivity index (χ4n) is 5.16. The summed E-state index contributed by atoms with van der Waals surface area (Å²) >= 11 is 1.02. The maximum absolute atomic E-state index is 13.9. The molecule has 8 nitrogen and oxygen atoms in total. The number of benzene rings is 2. The highest BCUT2D eigenvalue weighted by Crippen LogP contribution is 2.35. The lowest BCUT2D eigenvalue weighted by Crippen LogP contribution is -2.42. The summed E-state index contributed by atoms with van der Waals surface area (Å²) in [7, 11) is 0. The normalized spacial score (nSPS) is 22.4. The quantitative estimate of drug-likeness (QED) is 0.475. The molecule has 3 aliphatic heterocycles. The third kappa shape index (κ3) is 5.25. The Kier molecular flexibility index (Phi) is 6.49. The molecule has 3 aliphatic rings. The maximum Gasteiger partial charge on any atom is 0.416 e. The molecule has 2 saturated heterocycles. The number of amides is 2. The average Bonchev–Trinajstić information content (AvgIpc) is 3.52. The highest BCUT2D eigenvalue weighted by atomic mass is 32.2. The zero-order valence-corrected chi connectivity index (χ0v) is 22.4. The number of thioether (sulfide) groups is 1. The number of aliphatic imine (C=N–C) groups is 1. The smallest absolute Gasteiger partial charge is 0.388 e. The van der Waals surface area contributed by atoms with Crippen molar-refractivity contribution in [3.05, 3.63) is 69.8 Å². The number of likely N-dealkylation sites (tertiary alicyclic amines) is 2. The second-order valence-corrected chi connectivity index (χ2v) is 11.6. The van der Waals surface area contributed by atoms with Gasteiger partial charge in [0, 0.05) is 43.3 Å². The number of aromatic nitrogens is 2. The number of β-amino-alcohol motifs (C(OH)–C–C–N with tert-alkyl or cyclic N) is 1. The molecule has 1 N–H and O–H groups in total. The van der Waals surface area contributed by atoms with Gasteiger partial charge in [-0.1, -0.05) is 12.1 Å². The number of hydrogen-bond donors (Lipinski definition) is 1. The van der Waals surface area contributed by atoms with Crippen molar-refractivity contribution in [1.29, 1.82) is 0 Å². The van der Waals surface area contributed by atoms with Crippen molar-refractivity contribution >= 4 is 45.7 Å². The van der Waals surface area contributed by atoms with Crippen LogP contribution in [0.15, 0.2) is 52.5 Å². The topological polar surface area (TPSA) is 91.0 Å². The van der Waals surface area contributed by atoms with Gasteiger partial charge in [-0.15, -0.1) is 0 Å². The summed E-state index contributed by atoms with van der Waals surface area (Å²) < 4.78 is 43.3. The van der Waals surface area contributed by atoms with E-state index >= 15 is 0 Å². The molecule has 40 heavy (non-hydrogen) atoms. The summed E-state index contributed by atoms with van der Waals surface area (Å²) in [6, 6.07) is 9.18. The van der Waals surface area contributed by atoms with E-state index in [4.69, 9.17) is 0 Å². The third-order valence-electron chi connectivity index (χ3n) is 7.38. The van der Waals surface area contributed by atoms with E-state index in [2.05, 4.69) is 10.1 Å². The second kappa shape index (κ2) is 9.77. The van der Waals surface area contributed by atoms with E-state index in [9.17, 15) is 27.9 Å².